The number of fused-ring (bicyclic) bond motifs is 1. The Balaban J connectivity index is 1.60. The van der Waals surface area contributed by atoms with Crippen LogP contribution in [-0.4, -0.2) is 39.1 Å². The second-order valence-corrected chi connectivity index (χ2v) is 6.98. The number of ether oxygens (including phenoxy) is 4. The molecule has 0 bridgehead atoms. The molecule has 2 heterocycles. The maximum absolute atomic E-state index is 12.8. The number of hydrogen-bond donors (Lipinski definition) is 1. The van der Waals surface area contributed by atoms with Crippen LogP contribution < -0.4 is 10.1 Å². The molecule has 6 heteroatoms. The molecule has 1 aromatic carbocycles. The van der Waals surface area contributed by atoms with Crippen LogP contribution in [-0.2, 0) is 19.0 Å². The van der Waals surface area contributed by atoms with Crippen molar-refractivity contribution in [3.8, 4) is 5.75 Å². The van der Waals surface area contributed by atoms with Crippen LogP contribution in [0.25, 0.3) is 0 Å². The average Bonchev–Trinajstić information content (AvgIpc) is 3.34. The maximum atomic E-state index is 12.8. The monoisotopic (exact) mass is 371 g/mol. The van der Waals surface area contributed by atoms with E-state index in [1.165, 1.54) is 5.57 Å². The van der Waals surface area contributed by atoms with E-state index in [1.807, 2.05) is 37.3 Å². The van der Waals surface area contributed by atoms with Crippen molar-refractivity contribution >= 4 is 5.97 Å². The van der Waals surface area contributed by atoms with Crippen LogP contribution in [0.1, 0.15) is 24.9 Å². The maximum Gasteiger partial charge on any atom is 0.311 e. The average molecular weight is 371 g/mol. The van der Waals surface area contributed by atoms with Gasteiger partial charge in [0.25, 0.3) is 0 Å². The summed E-state index contributed by atoms with van der Waals surface area (Å²) in [6.45, 7) is 3.25. The van der Waals surface area contributed by atoms with Gasteiger partial charge in [0.2, 0.25) is 0 Å². The van der Waals surface area contributed by atoms with Crippen molar-refractivity contribution in [2.75, 3.05) is 27.1 Å². The molecule has 4 rings (SSSR count). The number of rotatable bonds is 5. The third-order valence-corrected chi connectivity index (χ3v) is 5.56. The van der Waals surface area contributed by atoms with Crippen molar-refractivity contribution in [1.29, 1.82) is 0 Å². The lowest BCUT2D eigenvalue weighted by atomic mass is 9.79. The Kier molecular flexibility index (Phi) is 5.18. The summed E-state index contributed by atoms with van der Waals surface area (Å²) >= 11 is 0. The van der Waals surface area contributed by atoms with Crippen molar-refractivity contribution in [3.05, 3.63) is 53.3 Å². The van der Waals surface area contributed by atoms with Crippen molar-refractivity contribution in [2.24, 2.45) is 11.8 Å². The summed E-state index contributed by atoms with van der Waals surface area (Å²) in [6.07, 6.45) is 4.77. The highest BCUT2D eigenvalue weighted by molar-refractivity contribution is 5.75. The molecule has 0 radical (unpaired) electrons. The Hall–Kier alpha value is -2.31. The minimum atomic E-state index is -0.276. The van der Waals surface area contributed by atoms with Crippen LogP contribution in [0.5, 0.6) is 5.75 Å². The van der Waals surface area contributed by atoms with E-state index in [4.69, 9.17) is 18.9 Å². The van der Waals surface area contributed by atoms with Gasteiger partial charge in [-0.1, -0.05) is 23.8 Å². The van der Waals surface area contributed by atoms with Crippen LogP contribution in [0, 0.1) is 11.8 Å². The minimum absolute atomic E-state index is 0.0344. The van der Waals surface area contributed by atoms with E-state index in [9.17, 15) is 4.79 Å². The summed E-state index contributed by atoms with van der Waals surface area (Å²) in [5.74, 6) is 1.31. The van der Waals surface area contributed by atoms with E-state index in [2.05, 4.69) is 11.4 Å². The quantitative estimate of drug-likeness (QED) is 0.803. The van der Waals surface area contributed by atoms with Crippen LogP contribution in [0.15, 0.2) is 47.7 Å². The summed E-state index contributed by atoms with van der Waals surface area (Å²) in [5.41, 5.74) is 2.26. The standard InChI is InChI=1S/C21H25NO5/c1-3-25-21(23)19-16(14-6-9-17-18(10-14)27-12-26-17)11-22-20(19)13-4-7-15(24-2)8-5-13/h4-9,16,18-20,22H,3,10-12H2,1-2H3. The van der Waals surface area contributed by atoms with E-state index in [0.29, 0.717) is 13.4 Å². The first-order chi connectivity index (χ1) is 13.2. The Labute approximate surface area is 159 Å². The lowest BCUT2D eigenvalue weighted by Crippen LogP contribution is -2.30. The second kappa shape index (κ2) is 7.74. The summed E-state index contributed by atoms with van der Waals surface area (Å²) in [6, 6.07) is 7.77. The number of allylic oxidation sites excluding steroid dienone is 2. The van der Waals surface area contributed by atoms with Crippen LogP contribution in [0.4, 0.5) is 0 Å². The highest BCUT2D eigenvalue weighted by Gasteiger charge is 2.45. The van der Waals surface area contributed by atoms with Crippen molar-refractivity contribution in [2.45, 2.75) is 25.5 Å². The zero-order chi connectivity index (χ0) is 18.8. The van der Waals surface area contributed by atoms with Crippen LogP contribution >= 0.6 is 0 Å². The predicted octanol–water partition coefficient (Wildman–Crippen LogP) is 2.72. The van der Waals surface area contributed by atoms with Gasteiger partial charge in [-0.05, 0) is 30.7 Å². The first kappa shape index (κ1) is 18.1. The highest BCUT2D eigenvalue weighted by Crippen LogP contribution is 2.42. The van der Waals surface area contributed by atoms with Gasteiger partial charge >= 0.3 is 5.97 Å². The number of methoxy groups -OCH3 is 1. The van der Waals surface area contributed by atoms with Gasteiger partial charge in [0.1, 0.15) is 17.6 Å². The molecule has 144 valence electrons. The largest absolute Gasteiger partial charge is 0.497 e. The molecule has 4 atom stereocenters. The molecular weight excluding hydrogens is 346 g/mol. The Morgan fingerprint density at radius 3 is 2.81 bits per heavy atom. The van der Waals surface area contributed by atoms with E-state index in [1.54, 1.807) is 7.11 Å². The molecule has 2 aliphatic heterocycles. The van der Waals surface area contributed by atoms with Crippen molar-refractivity contribution < 1.29 is 23.7 Å². The van der Waals surface area contributed by atoms with E-state index < -0.39 is 0 Å². The molecule has 0 spiro atoms. The SMILES string of the molecule is CCOC(=O)C1C(C2=CC=C3OCOC3C2)CNC1c1ccc(OC)cc1. The Bertz CT molecular complexity index is 754. The number of esters is 1. The molecule has 1 aliphatic carbocycles. The van der Waals surface area contributed by atoms with Crippen LogP contribution in [0.2, 0.25) is 0 Å². The molecule has 2 fully saturated rings. The molecule has 4 unspecified atom stereocenters. The molecular formula is C21H25NO5. The normalized spacial score (nSPS) is 29.4. The molecule has 0 aromatic heterocycles. The van der Waals surface area contributed by atoms with Crippen molar-refractivity contribution in [1.82, 2.24) is 5.32 Å². The summed E-state index contributed by atoms with van der Waals surface area (Å²) in [7, 11) is 1.65. The van der Waals surface area contributed by atoms with Gasteiger partial charge in [-0.2, -0.15) is 0 Å². The summed E-state index contributed by atoms with van der Waals surface area (Å²) in [4.78, 5) is 12.8. The van der Waals surface area contributed by atoms with Gasteiger partial charge < -0.3 is 24.3 Å². The molecule has 3 aliphatic rings. The van der Waals surface area contributed by atoms with Gasteiger partial charge in [-0.15, -0.1) is 0 Å². The van der Waals surface area contributed by atoms with Gasteiger partial charge in [0, 0.05) is 24.9 Å². The molecule has 6 nitrogen and oxygen atoms in total. The number of carbonyl (C=O) groups is 1. The predicted molar refractivity (Wildman–Crippen MR) is 99.0 cm³/mol. The third-order valence-electron chi connectivity index (χ3n) is 5.56. The first-order valence-electron chi connectivity index (χ1n) is 9.40. The number of benzene rings is 1. The first-order valence-corrected chi connectivity index (χ1v) is 9.40. The fourth-order valence-corrected chi connectivity index (χ4v) is 4.20. The Morgan fingerprint density at radius 2 is 2.07 bits per heavy atom. The lowest BCUT2D eigenvalue weighted by molar-refractivity contribution is -0.149. The van der Waals surface area contributed by atoms with Gasteiger partial charge in [-0.3, -0.25) is 4.79 Å². The van der Waals surface area contributed by atoms with E-state index in [0.717, 1.165) is 30.0 Å². The molecule has 0 amide bonds. The smallest absolute Gasteiger partial charge is 0.311 e. The Morgan fingerprint density at radius 1 is 1.26 bits per heavy atom. The second-order valence-electron chi connectivity index (χ2n) is 6.98. The van der Waals surface area contributed by atoms with Crippen molar-refractivity contribution in [3.63, 3.8) is 0 Å². The zero-order valence-electron chi connectivity index (χ0n) is 15.6. The lowest BCUT2D eigenvalue weighted by Gasteiger charge is -2.26. The minimum Gasteiger partial charge on any atom is -0.497 e. The fraction of sp³-hybridized carbons (Fsp3) is 0.476. The molecule has 2 saturated heterocycles. The zero-order valence-corrected chi connectivity index (χ0v) is 15.6. The van der Waals surface area contributed by atoms with Gasteiger partial charge in [0.15, 0.2) is 6.79 Å². The number of carbonyl (C=O) groups excluding carboxylic acids is 1. The van der Waals surface area contributed by atoms with Gasteiger partial charge in [-0.25, -0.2) is 0 Å². The highest BCUT2D eigenvalue weighted by atomic mass is 16.7. The van der Waals surface area contributed by atoms with E-state index >= 15 is 0 Å². The summed E-state index contributed by atoms with van der Waals surface area (Å²) in [5, 5.41) is 3.53. The molecule has 27 heavy (non-hydrogen) atoms. The molecule has 1 aromatic rings. The number of nitrogens with one attached hydrogen (secondary N) is 1. The van der Waals surface area contributed by atoms with E-state index in [-0.39, 0.29) is 30.0 Å². The number of hydrogen-bond acceptors (Lipinski definition) is 6. The molecule has 0 saturated carbocycles. The fourth-order valence-electron chi connectivity index (χ4n) is 4.20. The van der Waals surface area contributed by atoms with Crippen LogP contribution in [0.3, 0.4) is 0 Å². The van der Waals surface area contributed by atoms with Gasteiger partial charge in [0.05, 0.1) is 19.6 Å². The summed E-state index contributed by atoms with van der Waals surface area (Å²) < 4.78 is 21.8. The third kappa shape index (κ3) is 3.47. The molecule has 1 N–H and O–H groups in total. The topological polar surface area (TPSA) is 66.0 Å².